The van der Waals surface area contributed by atoms with Crippen molar-refractivity contribution in [3.05, 3.63) is 99.4 Å². The van der Waals surface area contributed by atoms with Gasteiger partial charge >= 0.3 is 5.97 Å². The van der Waals surface area contributed by atoms with Crippen LogP contribution in [0.2, 0.25) is 0 Å². The number of halogens is 3. The lowest BCUT2D eigenvalue weighted by Gasteiger charge is -2.27. The van der Waals surface area contributed by atoms with E-state index in [-0.39, 0.29) is 46.7 Å². The third-order valence-electron chi connectivity index (χ3n) is 6.97. The van der Waals surface area contributed by atoms with Gasteiger partial charge in [0.15, 0.2) is 5.82 Å². The lowest BCUT2D eigenvalue weighted by atomic mass is 10.0. The van der Waals surface area contributed by atoms with Crippen LogP contribution in [-0.4, -0.2) is 38.3 Å². The predicted octanol–water partition coefficient (Wildman–Crippen LogP) is 6.11. The number of carbonyl (C=O) groups is 1. The van der Waals surface area contributed by atoms with Crippen molar-refractivity contribution in [1.82, 2.24) is 14.5 Å². The van der Waals surface area contributed by atoms with Gasteiger partial charge in [-0.15, -0.1) is 11.3 Å². The number of ether oxygens (including phenoxy) is 2. The largest absolute Gasteiger partial charge is 0.477 e. The summed E-state index contributed by atoms with van der Waals surface area (Å²) in [4.78, 5) is 21.0. The van der Waals surface area contributed by atoms with E-state index >= 15 is 4.39 Å². The lowest BCUT2D eigenvalue weighted by molar-refractivity contribution is -0.0589. The van der Waals surface area contributed by atoms with E-state index < -0.39 is 23.4 Å². The van der Waals surface area contributed by atoms with Gasteiger partial charge in [0.05, 0.1) is 35.5 Å². The Bertz CT molecular complexity index is 1880. The molecule has 0 amide bonds. The van der Waals surface area contributed by atoms with E-state index in [2.05, 4.69) is 9.97 Å². The van der Waals surface area contributed by atoms with Gasteiger partial charge in [-0.2, -0.15) is 5.26 Å². The quantitative estimate of drug-likeness (QED) is 0.221. The fourth-order valence-corrected chi connectivity index (χ4v) is 5.51. The summed E-state index contributed by atoms with van der Waals surface area (Å²) in [5.74, 6) is -2.77. The SMILES string of the molecule is N#Cc1ccc(COc2nc(-c3ccc(Cc4nc5sc(C(=O)O)cc5n4C[C@@H]4CCO4)c(F)c3)ccc2F)c(F)c1. The van der Waals surface area contributed by atoms with Crippen LogP contribution >= 0.6 is 11.3 Å². The molecule has 42 heavy (non-hydrogen) atoms. The number of hydrogen-bond donors (Lipinski definition) is 1. The van der Waals surface area contributed by atoms with Crippen molar-refractivity contribution < 1.29 is 32.5 Å². The number of nitriles is 1. The van der Waals surface area contributed by atoms with Gasteiger partial charge in [-0.1, -0.05) is 18.2 Å². The predicted molar refractivity (Wildman–Crippen MR) is 147 cm³/mol. The molecule has 1 aliphatic heterocycles. The molecule has 8 nitrogen and oxygen atoms in total. The number of imidazole rings is 1. The highest BCUT2D eigenvalue weighted by molar-refractivity contribution is 7.20. The molecule has 1 saturated heterocycles. The van der Waals surface area contributed by atoms with E-state index in [4.69, 9.17) is 14.7 Å². The first-order valence-electron chi connectivity index (χ1n) is 12.9. The Hall–Kier alpha value is -4.73. The number of carboxylic acids is 1. The molecule has 212 valence electrons. The summed E-state index contributed by atoms with van der Waals surface area (Å²) in [5, 5.41) is 18.3. The molecule has 0 bridgehead atoms. The summed E-state index contributed by atoms with van der Waals surface area (Å²) in [7, 11) is 0. The Labute approximate surface area is 241 Å². The fraction of sp³-hybridized carbons (Fsp3) is 0.200. The molecule has 12 heteroatoms. The Kier molecular flexibility index (Phi) is 7.36. The zero-order valence-corrected chi connectivity index (χ0v) is 22.6. The minimum atomic E-state index is -1.03. The molecule has 1 atom stereocenters. The van der Waals surface area contributed by atoms with Crippen LogP contribution in [0.1, 0.15) is 38.6 Å². The first kappa shape index (κ1) is 27.4. The first-order valence-corrected chi connectivity index (χ1v) is 13.7. The van der Waals surface area contributed by atoms with Crippen molar-refractivity contribution in [2.45, 2.75) is 32.1 Å². The molecule has 3 aromatic heterocycles. The number of aromatic nitrogens is 3. The van der Waals surface area contributed by atoms with Gasteiger partial charge in [0.2, 0.25) is 0 Å². The number of benzene rings is 2. The summed E-state index contributed by atoms with van der Waals surface area (Å²) in [6, 6.07) is 14.3. The van der Waals surface area contributed by atoms with Gasteiger partial charge in [-0.05, 0) is 48.4 Å². The van der Waals surface area contributed by atoms with E-state index in [0.717, 1.165) is 29.9 Å². The van der Waals surface area contributed by atoms with Crippen molar-refractivity contribution >= 4 is 27.7 Å². The summed E-state index contributed by atoms with van der Waals surface area (Å²) >= 11 is 1.06. The van der Waals surface area contributed by atoms with Gasteiger partial charge in [-0.3, -0.25) is 0 Å². The number of carboxylic acid groups (broad SMARTS) is 1. The van der Waals surface area contributed by atoms with Crippen LogP contribution in [0.25, 0.3) is 21.6 Å². The zero-order valence-electron chi connectivity index (χ0n) is 21.8. The average Bonchev–Trinajstić information content (AvgIpc) is 3.50. The highest BCUT2D eigenvalue weighted by Gasteiger charge is 2.24. The smallest absolute Gasteiger partial charge is 0.346 e. The van der Waals surface area contributed by atoms with Crippen molar-refractivity contribution in [3.8, 4) is 23.2 Å². The summed E-state index contributed by atoms with van der Waals surface area (Å²) < 4.78 is 56.9. The van der Waals surface area contributed by atoms with Gasteiger partial charge in [0, 0.05) is 24.2 Å². The molecule has 1 fully saturated rings. The lowest BCUT2D eigenvalue weighted by Crippen LogP contribution is -2.31. The van der Waals surface area contributed by atoms with Crippen LogP contribution in [0.3, 0.4) is 0 Å². The molecule has 0 aliphatic carbocycles. The maximum Gasteiger partial charge on any atom is 0.346 e. The monoisotopic (exact) mass is 590 g/mol. The molecule has 1 N–H and O–H groups in total. The van der Waals surface area contributed by atoms with E-state index in [1.54, 1.807) is 18.2 Å². The van der Waals surface area contributed by atoms with Crippen molar-refractivity contribution in [2.75, 3.05) is 6.61 Å². The molecule has 1 aliphatic rings. The molecule has 0 radical (unpaired) electrons. The van der Waals surface area contributed by atoms with Crippen LogP contribution in [0.4, 0.5) is 13.2 Å². The van der Waals surface area contributed by atoms with Crippen LogP contribution in [0, 0.1) is 28.8 Å². The zero-order chi connectivity index (χ0) is 29.4. The Morgan fingerprint density at radius 3 is 2.55 bits per heavy atom. The average molecular weight is 591 g/mol. The summed E-state index contributed by atoms with van der Waals surface area (Å²) in [6.07, 6.45) is 1.01. The van der Waals surface area contributed by atoms with Crippen molar-refractivity contribution in [1.29, 1.82) is 5.26 Å². The normalized spacial score (nSPS) is 14.5. The maximum atomic E-state index is 15.4. The number of pyridine rings is 1. The second kappa shape index (κ2) is 11.3. The van der Waals surface area contributed by atoms with Crippen LogP contribution in [0.15, 0.2) is 54.6 Å². The third-order valence-corrected chi connectivity index (χ3v) is 7.98. The van der Waals surface area contributed by atoms with Crippen LogP contribution in [0.5, 0.6) is 5.88 Å². The van der Waals surface area contributed by atoms with Crippen molar-refractivity contribution in [2.24, 2.45) is 0 Å². The molecule has 0 saturated carbocycles. The third kappa shape index (κ3) is 5.44. The van der Waals surface area contributed by atoms with E-state index in [1.807, 2.05) is 10.6 Å². The highest BCUT2D eigenvalue weighted by Crippen LogP contribution is 2.31. The summed E-state index contributed by atoms with van der Waals surface area (Å²) in [6.45, 7) is 0.826. The van der Waals surface area contributed by atoms with Crippen LogP contribution < -0.4 is 4.74 Å². The summed E-state index contributed by atoms with van der Waals surface area (Å²) in [5.41, 5.74) is 1.93. The minimum absolute atomic E-state index is 0.0177. The molecule has 0 unspecified atom stereocenters. The maximum absolute atomic E-state index is 15.4. The number of hydrogen-bond acceptors (Lipinski definition) is 7. The highest BCUT2D eigenvalue weighted by atomic mass is 32.1. The first-order chi connectivity index (χ1) is 20.3. The Morgan fingerprint density at radius 1 is 1.07 bits per heavy atom. The van der Waals surface area contributed by atoms with E-state index in [9.17, 15) is 18.7 Å². The Balaban J connectivity index is 1.23. The van der Waals surface area contributed by atoms with Crippen LogP contribution in [-0.2, 0) is 24.3 Å². The van der Waals surface area contributed by atoms with Gasteiger partial charge in [-0.25, -0.2) is 27.9 Å². The molecule has 2 aromatic carbocycles. The number of thiophene rings is 1. The molecule has 5 aromatic rings. The Morgan fingerprint density at radius 2 is 1.86 bits per heavy atom. The number of nitrogens with zero attached hydrogens (tertiary/aromatic N) is 4. The van der Waals surface area contributed by atoms with Gasteiger partial charge in [0.25, 0.3) is 5.88 Å². The fourth-order valence-electron chi connectivity index (χ4n) is 4.62. The molecule has 0 spiro atoms. The standard InChI is InChI=1S/C30H21F3N4O4S/c31-21-5-6-24(35-28(21)41-15-19-2-1-16(13-34)9-22(19)32)18-4-3-17(23(33)10-18)11-27-36-29-25(12-26(42-29)30(38)39)37(27)14-20-7-8-40-20/h1-6,9-10,12,20H,7-8,11,14-15H2,(H,38,39)/t20-/m0/s1. The number of fused-ring (bicyclic) bond motifs is 1. The molecular weight excluding hydrogens is 569 g/mol. The van der Waals surface area contributed by atoms with E-state index in [1.165, 1.54) is 24.3 Å². The van der Waals surface area contributed by atoms with Crippen molar-refractivity contribution in [3.63, 3.8) is 0 Å². The van der Waals surface area contributed by atoms with E-state index in [0.29, 0.717) is 40.5 Å². The number of rotatable bonds is 9. The second-order valence-electron chi connectivity index (χ2n) is 9.70. The van der Waals surface area contributed by atoms with Gasteiger partial charge < -0.3 is 19.1 Å². The molecule has 6 rings (SSSR count). The number of aromatic carboxylic acids is 1. The molecular formula is C30H21F3N4O4S. The minimum Gasteiger partial charge on any atom is -0.477 e. The molecule has 4 heterocycles. The van der Waals surface area contributed by atoms with Gasteiger partial charge in [0.1, 0.15) is 33.8 Å². The topological polar surface area (TPSA) is 110 Å². The second-order valence-corrected chi connectivity index (χ2v) is 10.7.